The van der Waals surface area contributed by atoms with Crippen LogP contribution in [0.15, 0.2) is 79.3 Å². The summed E-state index contributed by atoms with van der Waals surface area (Å²) in [5, 5.41) is 1.05. The first-order valence-electron chi connectivity index (χ1n) is 15.6. The van der Waals surface area contributed by atoms with E-state index in [0.29, 0.717) is 0 Å². The average Bonchev–Trinajstić information content (AvgIpc) is 3.80. The molecule has 6 nitrogen and oxygen atoms in total. The first kappa shape index (κ1) is 26.4. The van der Waals surface area contributed by atoms with Gasteiger partial charge in [0.2, 0.25) is 0 Å². The predicted octanol–water partition coefficient (Wildman–Crippen LogP) is 7.22. The van der Waals surface area contributed by atoms with Crippen molar-refractivity contribution in [1.29, 1.82) is 0 Å². The molecular formula is C37H38N6. The van der Waals surface area contributed by atoms with Crippen molar-refractivity contribution in [2.24, 2.45) is 0 Å². The number of hydrogen-bond acceptors (Lipinski definition) is 5. The molecule has 0 atom stereocenters. The lowest BCUT2D eigenvalue weighted by Crippen LogP contribution is -2.43. The molecule has 2 fully saturated rings. The van der Waals surface area contributed by atoms with Crippen LogP contribution in [0, 0.1) is 6.92 Å². The van der Waals surface area contributed by atoms with Gasteiger partial charge in [0.05, 0.1) is 5.69 Å². The SMILES string of the molecule is Cc1c(-c2ncnc3[nH]c(-c4ccc(CN5CCN(C)CC5)cc4)cc23)cccc1N1C=Cc2cc(C3CC3)ccc2C1. The Labute approximate surface area is 253 Å². The van der Waals surface area contributed by atoms with Crippen LogP contribution < -0.4 is 4.90 Å². The van der Waals surface area contributed by atoms with Gasteiger partial charge in [0.15, 0.2) is 0 Å². The highest BCUT2D eigenvalue weighted by molar-refractivity contribution is 5.95. The minimum atomic E-state index is 0.779. The molecule has 4 heterocycles. The third-order valence-electron chi connectivity index (χ3n) is 9.56. The molecule has 2 aliphatic heterocycles. The van der Waals surface area contributed by atoms with Crippen LogP contribution in [0.1, 0.15) is 46.6 Å². The summed E-state index contributed by atoms with van der Waals surface area (Å²) in [5.41, 5.74) is 13.2. The molecule has 1 aliphatic carbocycles. The Kier molecular flexibility index (Phi) is 6.61. The van der Waals surface area contributed by atoms with E-state index in [1.54, 1.807) is 6.33 Å². The van der Waals surface area contributed by atoms with Crippen LogP contribution >= 0.6 is 0 Å². The van der Waals surface area contributed by atoms with Gasteiger partial charge in [0.1, 0.15) is 12.0 Å². The van der Waals surface area contributed by atoms with Gasteiger partial charge in [-0.15, -0.1) is 0 Å². The first-order valence-corrected chi connectivity index (χ1v) is 15.6. The maximum atomic E-state index is 4.81. The molecule has 5 aromatic rings. The summed E-state index contributed by atoms with van der Waals surface area (Å²) < 4.78 is 0. The van der Waals surface area contributed by atoms with E-state index >= 15 is 0 Å². The smallest absolute Gasteiger partial charge is 0.141 e. The molecule has 0 amide bonds. The number of nitrogens with zero attached hydrogens (tertiary/aromatic N) is 5. The number of likely N-dealkylation sites (N-methyl/N-ethyl adjacent to an activating group) is 1. The minimum Gasteiger partial charge on any atom is -0.343 e. The fourth-order valence-electron chi connectivity index (χ4n) is 6.71. The summed E-state index contributed by atoms with van der Waals surface area (Å²) in [6.07, 6.45) is 8.86. The molecule has 1 saturated heterocycles. The van der Waals surface area contributed by atoms with Crippen LogP contribution in [0.5, 0.6) is 0 Å². The molecule has 0 unspecified atom stereocenters. The molecule has 3 aromatic carbocycles. The van der Waals surface area contributed by atoms with Crippen LogP contribution in [0.3, 0.4) is 0 Å². The van der Waals surface area contributed by atoms with Gasteiger partial charge in [0.25, 0.3) is 0 Å². The van der Waals surface area contributed by atoms with E-state index < -0.39 is 0 Å². The van der Waals surface area contributed by atoms with Crippen molar-refractivity contribution in [2.45, 2.75) is 38.8 Å². The van der Waals surface area contributed by atoms with E-state index in [1.165, 1.54) is 51.9 Å². The van der Waals surface area contributed by atoms with Gasteiger partial charge < -0.3 is 14.8 Å². The molecule has 1 saturated carbocycles. The van der Waals surface area contributed by atoms with E-state index in [2.05, 4.69) is 118 Å². The largest absolute Gasteiger partial charge is 0.343 e. The zero-order valence-electron chi connectivity index (χ0n) is 25.1. The third kappa shape index (κ3) is 5.15. The number of anilines is 1. The van der Waals surface area contributed by atoms with E-state index in [4.69, 9.17) is 4.98 Å². The Morgan fingerprint density at radius 2 is 1.74 bits per heavy atom. The maximum Gasteiger partial charge on any atom is 0.141 e. The Balaban J connectivity index is 1.06. The molecule has 8 rings (SSSR count). The van der Waals surface area contributed by atoms with E-state index in [0.717, 1.165) is 73.2 Å². The number of hydrogen-bond donors (Lipinski definition) is 1. The number of piperazine rings is 1. The maximum absolute atomic E-state index is 4.81. The van der Waals surface area contributed by atoms with Crippen molar-refractivity contribution in [1.82, 2.24) is 24.8 Å². The number of aromatic amines is 1. The number of rotatable bonds is 6. The summed E-state index contributed by atoms with van der Waals surface area (Å²) in [5.74, 6) is 0.779. The Bertz CT molecular complexity index is 1820. The molecule has 0 bridgehead atoms. The van der Waals surface area contributed by atoms with Crippen molar-refractivity contribution in [3.63, 3.8) is 0 Å². The molecule has 1 N–H and O–H groups in total. The number of fused-ring (bicyclic) bond motifs is 2. The monoisotopic (exact) mass is 566 g/mol. The highest BCUT2D eigenvalue weighted by Gasteiger charge is 2.25. The molecule has 2 aromatic heterocycles. The fourth-order valence-corrected chi connectivity index (χ4v) is 6.71. The van der Waals surface area contributed by atoms with Crippen molar-refractivity contribution in [2.75, 3.05) is 38.1 Å². The standard InChI is InChI=1S/C37H38N6/c1-25-32(4-3-5-35(25)43-15-14-30-20-29(27-10-11-27)12-13-31(30)23-43)36-33-21-34(40-37(33)39-24-38-36)28-8-6-26(7-9-28)22-42-18-16-41(2)17-19-42/h3-9,12-15,20-21,24,27H,10-11,16-19,22-23H2,1-2H3,(H,38,39,40). The summed E-state index contributed by atoms with van der Waals surface area (Å²) in [7, 11) is 2.20. The minimum absolute atomic E-state index is 0.779. The lowest BCUT2D eigenvalue weighted by Gasteiger charge is -2.32. The molecule has 0 radical (unpaired) electrons. The van der Waals surface area contributed by atoms with E-state index in [-0.39, 0.29) is 0 Å². The second-order valence-electron chi connectivity index (χ2n) is 12.6. The molecule has 3 aliphatic rings. The van der Waals surface area contributed by atoms with Gasteiger partial charge in [-0.05, 0) is 84.3 Å². The zero-order chi connectivity index (χ0) is 28.9. The predicted molar refractivity (Wildman–Crippen MR) is 176 cm³/mol. The summed E-state index contributed by atoms with van der Waals surface area (Å²) in [4.78, 5) is 20.3. The Hall–Kier alpha value is -4.26. The number of H-pyrrole nitrogens is 1. The van der Waals surface area contributed by atoms with Gasteiger partial charge in [-0.1, -0.05) is 54.6 Å². The highest BCUT2D eigenvalue weighted by Crippen LogP contribution is 2.42. The first-order chi connectivity index (χ1) is 21.1. The zero-order valence-corrected chi connectivity index (χ0v) is 25.1. The van der Waals surface area contributed by atoms with Crippen LogP contribution in [0.2, 0.25) is 0 Å². The van der Waals surface area contributed by atoms with Gasteiger partial charge in [-0.3, -0.25) is 4.90 Å². The lowest BCUT2D eigenvalue weighted by atomic mass is 9.97. The summed E-state index contributed by atoms with van der Waals surface area (Å²) in [6.45, 7) is 8.64. The summed E-state index contributed by atoms with van der Waals surface area (Å²) in [6, 6.07) is 24.8. The molecule has 0 spiro atoms. The summed E-state index contributed by atoms with van der Waals surface area (Å²) >= 11 is 0. The molecule has 216 valence electrons. The molecular weight excluding hydrogens is 528 g/mol. The van der Waals surface area contributed by atoms with Gasteiger partial charge in [-0.2, -0.15) is 0 Å². The van der Waals surface area contributed by atoms with Crippen LogP contribution in [-0.4, -0.2) is 58.0 Å². The van der Waals surface area contributed by atoms with E-state index in [1.807, 2.05) is 0 Å². The van der Waals surface area contributed by atoms with E-state index in [9.17, 15) is 0 Å². The number of aromatic nitrogens is 3. The van der Waals surface area contributed by atoms with Crippen molar-refractivity contribution in [3.05, 3.63) is 107 Å². The Morgan fingerprint density at radius 3 is 2.56 bits per heavy atom. The average molecular weight is 567 g/mol. The molecule has 43 heavy (non-hydrogen) atoms. The van der Waals surface area contributed by atoms with Crippen molar-refractivity contribution in [3.8, 4) is 22.5 Å². The van der Waals surface area contributed by atoms with Crippen molar-refractivity contribution < 1.29 is 0 Å². The Morgan fingerprint density at radius 1 is 0.907 bits per heavy atom. The van der Waals surface area contributed by atoms with Crippen LogP contribution in [-0.2, 0) is 13.1 Å². The highest BCUT2D eigenvalue weighted by atomic mass is 15.2. The fraction of sp³-hybridized carbons (Fsp3) is 0.297. The van der Waals surface area contributed by atoms with Crippen molar-refractivity contribution >= 4 is 22.8 Å². The van der Waals surface area contributed by atoms with Crippen LogP contribution in [0.4, 0.5) is 5.69 Å². The lowest BCUT2D eigenvalue weighted by molar-refractivity contribution is 0.148. The van der Waals surface area contributed by atoms with Gasteiger partial charge in [0, 0.05) is 67.8 Å². The molecule has 6 heteroatoms. The second kappa shape index (κ2) is 10.8. The van der Waals surface area contributed by atoms with Crippen LogP contribution in [0.25, 0.3) is 39.6 Å². The number of benzene rings is 3. The quantitative estimate of drug-likeness (QED) is 0.235. The normalized spacial score (nSPS) is 17.5. The second-order valence-corrected chi connectivity index (χ2v) is 12.6. The van der Waals surface area contributed by atoms with Gasteiger partial charge in [-0.25, -0.2) is 9.97 Å². The topological polar surface area (TPSA) is 51.3 Å². The van der Waals surface area contributed by atoms with Gasteiger partial charge >= 0.3 is 0 Å². The third-order valence-corrected chi connectivity index (χ3v) is 9.56. The number of nitrogens with one attached hydrogen (secondary N) is 1.